The Morgan fingerprint density at radius 3 is 2.43 bits per heavy atom. The third kappa shape index (κ3) is 4.27. The minimum Gasteiger partial charge on any atom is -0.493 e. The van der Waals surface area contributed by atoms with E-state index >= 15 is 0 Å². The maximum atomic E-state index is 6.33. The number of rotatable bonds is 5. The molecule has 0 saturated heterocycles. The fourth-order valence-electron chi connectivity index (χ4n) is 3.37. The summed E-state index contributed by atoms with van der Waals surface area (Å²) < 4.78 is 11.8. The number of benzene rings is 1. The van der Waals surface area contributed by atoms with Crippen molar-refractivity contribution in [1.82, 2.24) is 5.32 Å². The molecule has 1 aliphatic rings. The van der Waals surface area contributed by atoms with E-state index in [-0.39, 0.29) is 6.10 Å². The van der Waals surface area contributed by atoms with Crippen LogP contribution in [0.25, 0.3) is 0 Å². The topological polar surface area (TPSA) is 30.5 Å². The smallest absolute Gasteiger partial charge is 0.166 e. The van der Waals surface area contributed by atoms with Gasteiger partial charge < -0.3 is 14.8 Å². The molecule has 21 heavy (non-hydrogen) atoms. The summed E-state index contributed by atoms with van der Waals surface area (Å²) in [5.74, 6) is 2.98. The van der Waals surface area contributed by atoms with Gasteiger partial charge in [-0.15, -0.1) is 0 Å². The average molecular weight is 312 g/mol. The SMILES string of the molecule is CNCc1cc(Cl)cc(OC)c1OC1CC(C)CC(C)C1. The van der Waals surface area contributed by atoms with Gasteiger partial charge in [0.15, 0.2) is 11.5 Å². The molecule has 1 aliphatic carbocycles. The third-order valence-electron chi connectivity index (χ3n) is 4.10. The lowest BCUT2D eigenvalue weighted by atomic mass is 9.82. The monoisotopic (exact) mass is 311 g/mol. The molecule has 3 nitrogen and oxygen atoms in total. The second-order valence-corrected chi connectivity index (χ2v) is 6.72. The van der Waals surface area contributed by atoms with E-state index < -0.39 is 0 Å². The number of halogens is 1. The van der Waals surface area contributed by atoms with Crippen LogP contribution < -0.4 is 14.8 Å². The standard InChI is InChI=1S/C17H26ClNO2/c1-11-5-12(2)7-15(6-11)21-17-13(10-19-3)8-14(18)9-16(17)20-4/h8-9,11-12,15,19H,5-7,10H2,1-4H3. The van der Waals surface area contributed by atoms with Crippen LogP contribution in [0.3, 0.4) is 0 Å². The van der Waals surface area contributed by atoms with E-state index in [1.54, 1.807) is 7.11 Å². The van der Waals surface area contributed by atoms with Crippen molar-refractivity contribution in [2.75, 3.05) is 14.2 Å². The first-order valence-electron chi connectivity index (χ1n) is 7.71. The van der Waals surface area contributed by atoms with E-state index in [9.17, 15) is 0 Å². The predicted molar refractivity (Wildman–Crippen MR) is 87.4 cm³/mol. The highest BCUT2D eigenvalue weighted by Gasteiger charge is 2.27. The molecular formula is C17H26ClNO2. The molecule has 0 heterocycles. The molecule has 0 radical (unpaired) electrons. The lowest BCUT2D eigenvalue weighted by molar-refractivity contribution is 0.0969. The predicted octanol–water partition coefficient (Wildman–Crippen LogP) is 4.27. The van der Waals surface area contributed by atoms with Gasteiger partial charge in [0, 0.05) is 23.2 Å². The Labute approximate surface area is 133 Å². The summed E-state index contributed by atoms with van der Waals surface area (Å²) in [6, 6.07) is 3.78. The highest BCUT2D eigenvalue weighted by atomic mass is 35.5. The fraction of sp³-hybridized carbons (Fsp3) is 0.647. The second kappa shape index (κ2) is 7.37. The zero-order valence-electron chi connectivity index (χ0n) is 13.4. The summed E-state index contributed by atoms with van der Waals surface area (Å²) in [5, 5.41) is 3.84. The summed E-state index contributed by atoms with van der Waals surface area (Å²) in [6.45, 7) is 5.32. The molecule has 2 atom stereocenters. The summed E-state index contributed by atoms with van der Waals surface area (Å²) in [6.07, 6.45) is 3.76. The minimum absolute atomic E-state index is 0.259. The van der Waals surface area contributed by atoms with Crippen LogP contribution in [0, 0.1) is 11.8 Å². The Morgan fingerprint density at radius 1 is 1.19 bits per heavy atom. The quantitative estimate of drug-likeness (QED) is 0.881. The molecule has 0 amide bonds. The van der Waals surface area contributed by atoms with Crippen LogP contribution in [0.4, 0.5) is 0 Å². The molecule has 1 fully saturated rings. The summed E-state index contributed by atoms with van der Waals surface area (Å²) in [7, 11) is 3.58. The van der Waals surface area contributed by atoms with Crippen molar-refractivity contribution in [3.63, 3.8) is 0 Å². The maximum Gasteiger partial charge on any atom is 0.166 e. The van der Waals surface area contributed by atoms with Crippen LogP contribution in [0.15, 0.2) is 12.1 Å². The van der Waals surface area contributed by atoms with E-state index in [2.05, 4.69) is 19.2 Å². The first kappa shape index (κ1) is 16.4. The first-order valence-corrected chi connectivity index (χ1v) is 8.09. The summed E-state index contributed by atoms with van der Waals surface area (Å²) >= 11 is 6.16. The first-order chi connectivity index (χ1) is 10.0. The molecule has 4 heteroatoms. The van der Waals surface area contributed by atoms with Gasteiger partial charge in [0.25, 0.3) is 0 Å². The van der Waals surface area contributed by atoms with E-state index in [0.717, 1.165) is 29.9 Å². The number of methoxy groups -OCH3 is 1. The summed E-state index contributed by atoms with van der Waals surface area (Å²) in [4.78, 5) is 0. The normalized spacial score (nSPS) is 25.7. The van der Waals surface area contributed by atoms with Crippen molar-refractivity contribution < 1.29 is 9.47 Å². The number of hydrogen-bond acceptors (Lipinski definition) is 3. The molecular weight excluding hydrogens is 286 g/mol. The van der Waals surface area contributed by atoms with Crippen molar-refractivity contribution in [2.24, 2.45) is 11.8 Å². The molecule has 1 aromatic rings. The Morgan fingerprint density at radius 2 is 1.86 bits per heavy atom. The van der Waals surface area contributed by atoms with E-state index in [1.165, 1.54) is 6.42 Å². The Bertz CT molecular complexity index is 468. The highest BCUT2D eigenvalue weighted by Crippen LogP contribution is 2.38. The van der Waals surface area contributed by atoms with Gasteiger partial charge in [-0.1, -0.05) is 25.4 Å². The number of ether oxygens (including phenoxy) is 2. The second-order valence-electron chi connectivity index (χ2n) is 6.28. The van der Waals surface area contributed by atoms with Crippen LogP contribution in [-0.4, -0.2) is 20.3 Å². The van der Waals surface area contributed by atoms with Crippen molar-refractivity contribution in [1.29, 1.82) is 0 Å². The molecule has 1 N–H and O–H groups in total. The lowest BCUT2D eigenvalue weighted by Gasteiger charge is -2.32. The average Bonchev–Trinajstić information content (AvgIpc) is 2.40. The molecule has 0 bridgehead atoms. The lowest BCUT2D eigenvalue weighted by Crippen LogP contribution is -2.29. The zero-order valence-corrected chi connectivity index (χ0v) is 14.2. The van der Waals surface area contributed by atoms with E-state index in [0.29, 0.717) is 23.4 Å². The molecule has 0 aliphatic heterocycles. The van der Waals surface area contributed by atoms with Crippen molar-refractivity contribution in [3.05, 3.63) is 22.7 Å². The van der Waals surface area contributed by atoms with E-state index in [4.69, 9.17) is 21.1 Å². The Kier molecular flexibility index (Phi) is 5.77. The van der Waals surface area contributed by atoms with Gasteiger partial charge in [-0.05, 0) is 44.2 Å². The number of nitrogens with one attached hydrogen (secondary N) is 1. The fourth-order valence-corrected chi connectivity index (χ4v) is 3.60. The number of hydrogen-bond donors (Lipinski definition) is 1. The molecule has 1 saturated carbocycles. The summed E-state index contributed by atoms with van der Waals surface area (Å²) in [5.41, 5.74) is 1.05. The van der Waals surface area contributed by atoms with Crippen LogP contribution in [0.2, 0.25) is 5.02 Å². The Hall–Kier alpha value is -0.930. The highest BCUT2D eigenvalue weighted by molar-refractivity contribution is 6.30. The molecule has 2 unspecified atom stereocenters. The van der Waals surface area contributed by atoms with Crippen LogP contribution in [0.5, 0.6) is 11.5 Å². The molecule has 0 spiro atoms. The van der Waals surface area contributed by atoms with Gasteiger partial charge in [0.1, 0.15) is 0 Å². The van der Waals surface area contributed by atoms with Crippen molar-refractivity contribution in [3.8, 4) is 11.5 Å². The van der Waals surface area contributed by atoms with Gasteiger partial charge in [-0.2, -0.15) is 0 Å². The van der Waals surface area contributed by atoms with Gasteiger partial charge in [0.05, 0.1) is 13.2 Å². The molecule has 1 aromatic carbocycles. The van der Waals surface area contributed by atoms with E-state index in [1.807, 2.05) is 19.2 Å². The van der Waals surface area contributed by atoms with Crippen molar-refractivity contribution in [2.45, 2.75) is 45.8 Å². The molecule has 0 aromatic heterocycles. The third-order valence-corrected chi connectivity index (χ3v) is 4.32. The largest absolute Gasteiger partial charge is 0.493 e. The van der Waals surface area contributed by atoms with Gasteiger partial charge in [0.2, 0.25) is 0 Å². The van der Waals surface area contributed by atoms with Gasteiger partial charge >= 0.3 is 0 Å². The van der Waals surface area contributed by atoms with Crippen molar-refractivity contribution >= 4 is 11.6 Å². The Balaban J connectivity index is 2.24. The van der Waals surface area contributed by atoms with Crippen LogP contribution in [0.1, 0.15) is 38.7 Å². The van der Waals surface area contributed by atoms with Gasteiger partial charge in [-0.25, -0.2) is 0 Å². The minimum atomic E-state index is 0.259. The van der Waals surface area contributed by atoms with Gasteiger partial charge in [-0.3, -0.25) is 0 Å². The zero-order chi connectivity index (χ0) is 15.4. The maximum absolute atomic E-state index is 6.33. The molecule has 2 rings (SSSR count). The van der Waals surface area contributed by atoms with Crippen LogP contribution >= 0.6 is 11.6 Å². The van der Waals surface area contributed by atoms with Crippen LogP contribution in [-0.2, 0) is 6.54 Å². The molecule has 118 valence electrons.